The smallest absolute Gasteiger partial charge is 0.127 e. The molecule has 0 rings (SSSR count). The van der Waals surface area contributed by atoms with Crippen molar-refractivity contribution in [3.8, 4) is 0 Å². The Labute approximate surface area is 77.8 Å². The van der Waals surface area contributed by atoms with Crippen LogP contribution in [0.1, 0.15) is 40.0 Å². The minimum atomic E-state index is -1.17. The van der Waals surface area contributed by atoms with Crippen LogP contribution >= 0.6 is 12.1 Å². The van der Waals surface area contributed by atoms with E-state index in [2.05, 4.69) is 20.8 Å². The molecular weight excluding hydrogens is 168 g/mol. The Balaban J connectivity index is 3.79. The molecule has 0 aliphatic heterocycles. The third kappa shape index (κ3) is 4.91. The van der Waals surface area contributed by atoms with Crippen LogP contribution in [-0.4, -0.2) is 7.22 Å². The third-order valence-corrected chi connectivity index (χ3v) is 8.19. The SMILES string of the molecule is CCC[Si]([S])(CCC)CCC. The summed E-state index contributed by atoms with van der Waals surface area (Å²) in [4.78, 5) is 0. The normalized spacial score (nSPS) is 12.0. The Bertz CT molecular complexity index is 76.5. The molecule has 0 heterocycles. The molecule has 0 nitrogen and oxygen atoms in total. The summed E-state index contributed by atoms with van der Waals surface area (Å²) in [7, 11) is -1.17. The molecule has 0 N–H and O–H groups in total. The second-order valence-corrected chi connectivity index (χ2v) is 9.90. The predicted molar refractivity (Wildman–Crippen MR) is 58.6 cm³/mol. The molecule has 0 saturated heterocycles. The van der Waals surface area contributed by atoms with E-state index in [0.717, 1.165) is 0 Å². The van der Waals surface area contributed by atoms with E-state index in [4.69, 9.17) is 12.1 Å². The standard InChI is InChI=1S/C9H21SSi/c1-4-7-11(10,8-5-2)9-6-3/h4-9H2,1-3H3. The molecule has 0 saturated carbocycles. The highest BCUT2D eigenvalue weighted by Crippen LogP contribution is 2.29. The molecule has 67 valence electrons. The second-order valence-electron chi connectivity index (χ2n) is 3.43. The monoisotopic (exact) mass is 189 g/mol. The van der Waals surface area contributed by atoms with Crippen molar-refractivity contribution in [2.24, 2.45) is 0 Å². The van der Waals surface area contributed by atoms with Gasteiger partial charge in [0.15, 0.2) is 0 Å². The average molecular weight is 189 g/mol. The van der Waals surface area contributed by atoms with Crippen LogP contribution in [0.4, 0.5) is 0 Å². The molecule has 1 radical (unpaired) electrons. The summed E-state index contributed by atoms with van der Waals surface area (Å²) in [6.07, 6.45) is 3.90. The van der Waals surface area contributed by atoms with Crippen LogP contribution in [0.2, 0.25) is 18.1 Å². The highest BCUT2D eigenvalue weighted by Gasteiger charge is 2.26. The maximum atomic E-state index is 5.74. The van der Waals surface area contributed by atoms with Gasteiger partial charge in [0.25, 0.3) is 0 Å². The van der Waals surface area contributed by atoms with Crippen LogP contribution in [0.25, 0.3) is 0 Å². The fourth-order valence-corrected chi connectivity index (χ4v) is 7.06. The van der Waals surface area contributed by atoms with Crippen molar-refractivity contribution in [3.05, 3.63) is 0 Å². The van der Waals surface area contributed by atoms with Crippen molar-refractivity contribution in [1.82, 2.24) is 0 Å². The summed E-state index contributed by atoms with van der Waals surface area (Å²) < 4.78 is 0. The average Bonchev–Trinajstić information content (AvgIpc) is 1.88. The highest BCUT2D eigenvalue weighted by molar-refractivity contribution is 8.14. The quantitative estimate of drug-likeness (QED) is 0.545. The van der Waals surface area contributed by atoms with Gasteiger partial charge in [-0.1, -0.05) is 40.0 Å². The van der Waals surface area contributed by atoms with Gasteiger partial charge in [-0.25, -0.2) is 0 Å². The van der Waals surface area contributed by atoms with Crippen molar-refractivity contribution in [3.63, 3.8) is 0 Å². The molecule has 0 unspecified atom stereocenters. The van der Waals surface area contributed by atoms with Gasteiger partial charge in [0.1, 0.15) is 7.22 Å². The molecule has 0 aromatic carbocycles. The maximum absolute atomic E-state index is 5.74. The predicted octanol–water partition coefficient (Wildman–Crippen LogP) is 4.36. The molecule has 0 aliphatic carbocycles. The van der Waals surface area contributed by atoms with Crippen molar-refractivity contribution < 1.29 is 0 Å². The van der Waals surface area contributed by atoms with Gasteiger partial charge in [0.05, 0.1) is 0 Å². The van der Waals surface area contributed by atoms with Gasteiger partial charge in [-0.3, -0.25) is 0 Å². The Morgan fingerprint density at radius 2 is 1.09 bits per heavy atom. The zero-order chi connectivity index (χ0) is 8.74. The number of hydrogen-bond donors (Lipinski definition) is 0. The lowest BCUT2D eigenvalue weighted by Crippen LogP contribution is -2.25. The summed E-state index contributed by atoms with van der Waals surface area (Å²) >= 11 is 5.74. The van der Waals surface area contributed by atoms with Gasteiger partial charge in [-0.15, -0.1) is 12.1 Å². The summed E-state index contributed by atoms with van der Waals surface area (Å²) in [5.74, 6) is 0. The molecular formula is C9H21SSi. The fraction of sp³-hybridized carbons (Fsp3) is 1.00. The molecule has 0 spiro atoms. The topological polar surface area (TPSA) is 0 Å². The zero-order valence-electron chi connectivity index (χ0n) is 8.15. The Kier molecular flexibility index (Phi) is 6.44. The van der Waals surface area contributed by atoms with E-state index in [0.29, 0.717) is 0 Å². The van der Waals surface area contributed by atoms with E-state index < -0.39 is 7.22 Å². The van der Waals surface area contributed by atoms with Gasteiger partial charge in [-0.2, -0.15) is 0 Å². The van der Waals surface area contributed by atoms with Crippen molar-refractivity contribution in [2.75, 3.05) is 0 Å². The summed E-state index contributed by atoms with van der Waals surface area (Å²) in [5.41, 5.74) is 0. The van der Waals surface area contributed by atoms with E-state index in [1.807, 2.05) is 0 Å². The largest absolute Gasteiger partial charge is 0.130 e. The highest BCUT2D eigenvalue weighted by atomic mass is 32.3. The molecule has 0 aromatic heterocycles. The molecule has 0 amide bonds. The molecule has 0 fully saturated rings. The minimum Gasteiger partial charge on any atom is -0.127 e. The van der Waals surface area contributed by atoms with E-state index in [-0.39, 0.29) is 0 Å². The maximum Gasteiger partial charge on any atom is 0.130 e. The lowest BCUT2D eigenvalue weighted by Gasteiger charge is -2.23. The van der Waals surface area contributed by atoms with E-state index in [1.54, 1.807) is 0 Å². The Hall–Kier alpha value is 0.567. The van der Waals surface area contributed by atoms with Crippen molar-refractivity contribution >= 4 is 19.3 Å². The van der Waals surface area contributed by atoms with Gasteiger partial charge in [0, 0.05) is 0 Å². The van der Waals surface area contributed by atoms with E-state index in [9.17, 15) is 0 Å². The molecule has 0 bridgehead atoms. The molecule has 11 heavy (non-hydrogen) atoms. The molecule has 2 heteroatoms. The molecule has 0 atom stereocenters. The lowest BCUT2D eigenvalue weighted by molar-refractivity contribution is 0.950. The first kappa shape index (κ1) is 11.6. The Morgan fingerprint density at radius 1 is 0.818 bits per heavy atom. The van der Waals surface area contributed by atoms with E-state index in [1.165, 1.54) is 37.4 Å². The lowest BCUT2D eigenvalue weighted by atomic mass is 10.6. The van der Waals surface area contributed by atoms with Crippen LogP contribution < -0.4 is 0 Å². The van der Waals surface area contributed by atoms with Crippen LogP contribution in [0.15, 0.2) is 0 Å². The first-order chi connectivity index (χ1) is 5.18. The molecule has 0 aromatic rings. The van der Waals surface area contributed by atoms with Gasteiger partial charge in [-0.05, 0) is 18.1 Å². The first-order valence-electron chi connectivity index (χ1n) is 4.89. The van der Waals surface area contributed by atoms with Gasteiger partial charge >= 0.3 is 0 Å². The molecule has 0 aliphatic rings. The zero-order valence-corrected chi connectivity index (χ0v) is 9.97. The van der Waals surface area contributed by atoms with Crippen molar-refractivity contribution in [1.29, 1.82) is 0 Å². The minimum absolute atomic E-state index is 1.17. The van der Waals surface area contributed by atoms with Crippen LogP contribution in [-0.2, 0) is 0 Å². The van der Waals surface area contributed by atoms with Gasteiger partial charge in [0.2, 0.25) is 0 Å². The summed E-state index contributed by atoms with van der Waals surface area (Å²) in [5, 5.41) is 0. The Morgan fingerprint density at radius 3 is 1.27 bits per heavy atom. The van der Waals surface area contributed by atoms with Crippen LogP contribution in [0.5, 0.6) is 0 Å². The third-order valence-electron chi connectivity index (χ3n) is 2.12. The summed E-state index contributed by atoms with van der Waals surface area (Å²) in [6.45, 7) is 6.79. The van der Waals surface area contributed by atoms with Gasteiger partial charge < -0.3 is 0 Å². The first-order valence-corrected chi connectivity index (χ1v) is 8.64. The van der Waals surface area contributed by atoms with Crippen molar-refractivity contribution in [2.45, 2.75) is 58.2 Å². The second kappa shape index (κ2) is 6.12. The number of rotatable bonds is 6. The fourth-order valence-electron chi connectivity index (χ4n) is 1.74. The van der Waals surface area contributed by atoms with Crippen LogP contribution in [0, 0.1) is 0 Å². The summed E-state index contributed by atoms with van der Waals surface area (Å²) in [6, 6.07) is 4.10. The van der Waals surface area contributed by atoms with E-state index >= 15 is 0 Å². The number of hydrogen-bond acceptors (Lipinski definition) is 0. The van der Waals surface area contributed by atoms with Crippen LogP contribution in [0.3, 0.4) is 0 Å².